The molecule has 0 spiro atoms. The third-order valence-electron chi connectivity index (χ3n) is 3.95. The molecule has 0 saturated heterocycles. The molecule has 0 aliphatic rings. The van der Waals surface area contributed by atoms with Crippen molar-refractivity contribution in [1.29, 1.82) is 0 Å². The molecule has 0 unspecified atom stereocenters. The van der Waals surface area contributed by atoms with Crippen molar-refractivity contribution >= 4 is 53.8 Å². The molecule has 2 heterocycles. The second kappa shape index (κ2) is 5.92. The summed E-state index contributed by atoms with van der Waals surface area (Å²) < 4.78 is 6.21. The van der Waals surface area contributed by atoms with Crippen LogP contribution in [-0.4, -0.2) is 12.6 Å². The molecule has 0 bridgehead atoms. The van der Waals surface area contributed by atoms with Gasteiger partial charge in [-0.1, -0.05) is 42.5 Å². The minimum Gasteiger partial charge on any atom is -0.462 e. The van der Waals surface area contributed by atoms with Crippen molar-refractivity contribution in [2.75, 3.05) is 12.3 Å². The number of carbonyl (C=O) groups excluding carboxylic acids is 1. The highest BCUT2D eigenvalue weighted by atomic mass is 32.2. The van der Waals surface area contributed by atoms with Gasteiger partial charge in [0.2, 0.25) is 0 Å². The maximum Gasteiger partial charge on any atom is 0.341 e. The van der Waals surface area contributed by atoms with Crippen molar-refractivity contribution in [3.05, 3.63) is 54.1 Å². The number of thiophene rings is 2. The van der Waals surface area contributed by atoms with E-state index in [0.717, 1.165) is 14.3 Å². The van der Waals surface area contributed by atoms with E-state index in [2.05, 4.69) is 36.4 Å². The molecule has 24 heavy (non-hydrogen) atoms. The van der Waals surface area contributed by atoms with Crippen LogP contribution >= 0.6 is 22.7 Å². The van der Waals surface area contributed by atoms with Crippen LogP contribution < -0.4 is 5.73 Å². The number of nitrogen functional groups attached to an aromatic ring is 1. The minimum atomic E-state index is -0.344. The van der Waals surface area contributed by atoms with E-state index in [1.807, 2.05) is 12.1 Å². The summed E-state index contributed by atoms with van der Waals surface area (Å²) in [6.45, 7) is 2.14. The van der Waals surface area contributed by atoms with Crippen LogP contribution in [0.4, 0.5) is 5.00 Å². The van der Waals surface area contributed by atoms with Crippen LogP contribution in [0.25, 0.3) is 30.6 Å². The molecule has 0 atom stereocenters. The zero-order chi connectivity index (χ0) is 16.7. The highest BCUT2D eigenvalue weighted by Gasteiger charge is 2.21. The minimum absolute atomic E-state index is 0.343. The van der Waals surface area contributed by atoms with Crippen molar-refractivity contribution in [2.45, 2.75) is 6.92 Å². The van der Waals surface area contributed by atoms with Gasteiger partial charge in [-0.15, -0.1) is 22.7 Å². The Hall–Kier alpha value is -2.37. The molecular formula is C19H15NO2S2. The summed E-state index contributed by atoms with van der Waals surface area (Å²) in [5, 5.41) is 3.83. The zero-order valence-corrected chi connectivity index (χ0v) is 14.7. The van der Waals surface area contributed by atoms with Crippen molar-refractivity contribution in [3.8, 4) is 10.4 Å². The normalized spacial score (nSPS) is 11.2. The summed E-state index contributed by atoms with van der Waals surface area (Å²) in [4.78, 5) is 13.3. The maximum absolute atomic E-state index is 12.2. The topological polar surface area (TPSA) is 52.3 Å². The number of carbonyl (C=O) groups is 1. The van der Waals surface area contributed by atoms with Crippen molar-refractivity contribution < 1.29 is 9.53 Å². The molecule has 0 saturated carbocycles. The Bertz CT molecular complexity index is 1060. The van der Waals surface area contributed by atoms with E-state index in [1.54, 1.807) is 18.3 Å². The van der Waals surface area contributed by atoms with E-state index >= 15 is 0 Å². The van der Waals surface area contributed by atoms with Gasteiger partial charge in [0.25, 0.3) is 0 Å². The first-order valence-corrected chi connectivity index (χ1v) is 9.29. The fourth-order valence-electron chi connectivity index (χ4n) is 2.89. The third kappa shape index (κ3) is 2.37. The molecule has 2 N–H and O–H groups in total. The van der Waals surface area contributed by atoms with Crippen molar-refractivity contribution in [3.63, 3.8) is 0 Å². The van der Waals surface area contributed by atoms with E-state index in [0.29, 0.717) is 17.2 Å². The molecule has 4 rings (SSSR count). The van der Waals surface area contributed by atoms with Gasteiger partial charge in [-0.05, 0) is 29.3 Å². The van der Waals surface area contributed by atoms with Gasteiger partial charge >= 0.3 is 5.97 Å². The van der Waals surface area contributed by atoms with Crippen LogP contribution in [0, 0.1) is 0 Å². The summed E-state index contributed by atoms with van der Waals surface area (Å²) in [6.07, 6.45) is 0. The summed E-state index contributed by atoms with van der Waals surface area (Å²) in [5.41, 5.74) is 7.71. The number of anilines is 1. The molecule has 3 nitrogen and oxygen atoms in total. The third-order valence-corrected chi connectivity index (χ3v) is 6.24. The van der Waals surface area contributed by atoms with Crippen molar-refractivity contribution in [2.24, 2.45) is 0 Å². The lowest BCUT2D eigenvalue weighted by molar-refractivity contribution is 0.0530. The quantitative estimate of drug-likeness (QED) is 0.492. The standard InChI is InChI=1S/C19H15NO2S2/c1-2-22-18(21)16-14-10-15(23-19(14)24-17(16)20)13-9-5-7-11-6-3-4-8-12(11)13/h3-10H,2,20H2,1H3. The molecule has 0 fully saturated rings. The fourth-order valence-corrected chi connectivity index (χ4v) is 5.30. The van der Waals surface area contributed by atoms with Gasteiger partial charge in [0, 0.05) is 10.3 Å². The van der Waals surface area contributed by atoms with Gasteiger partial charge in [0.1, 0.15) is 10.6 Å². The highest BCUT2D eigenvalue weighted by molar-refractivity contribution is 7.41. The van der Waals surface area contributed by atoms with Gasteiger partial charge in [0.15, 0.2) is 0 Å². The zero-order valence-electron chi connectivity index (χ0n) is 13.0. The smallest absolute Gasteiger partial charge is 0.341 e. The first-order chi connectivity index (χ1) is 11.7. The number of ether oxygens (including phenoxy) is 1. The summed E-state index contributed by atoms with van der Waals surface area (Å²) in [7, 11) is 0. The summed E-state index contributed by atoms with van der Waals surface area (Å²) in [6, 6.07) is 16.7. The van der Waals surface area contributed by atoms with E-state index < -0.39 is 0 Å². The van der Waals surface area contributed by atoms with E-state index in [-0.39, 0.29) is 5.97 Å². The Morgan fingerprint density at radius 3 is 2.71 bits per heavy atom. The molecule has 0 aliphatic carbocycles. The predicted octanol–water partition coefficient (Wildman–Crippen LogP) is 5.54. The Balaban J connectivity index is 1.91. The summed E-state index contributed by atoms with van der Waals surface area (Å²) in [5.74, 6) is -0.344. The monoisotopic (exact) mass is 353 g/mol. The molecule has 0 amide bonds. The van der Waals surface area contributed by atoms with E-state index in [4.69, 9.17) is 10.5 Å². The Morgan fingerprint density at radius 1 is 1.08 bits per heavy atom. The van der Waals surface area contributed by atoms with Crippen LogP contribution in [-0.2, 0) is 4.74 Å². The van der Waals surface area contributed by atoms with E-state index in [9.17, 15) is 4.79 Å². The van der Waals surface area contributed by atoms with Crippen LogP contribution in [0.1, 0.15) is 17.3 Å². The fraction of sp³-hybridized carbons (Fsp3) is 0.105. The second-order valence-corrected chi connectivity index (χ2v) is 7.76. The van der Waals surface area contributed by atoms with Gasteiger partial charge < -0.3 is 10.5 Å². The molecule has 120 valence electrons. The molecule has 2 aromatic carbocycles. The van der Waals surface area contributed by atoms with E-state index in [1.165, 1.54) is 27.7 Å². The average Bonchev–Trinajstić information content (AvgIpc) is 3.10. The first kappa shape index (κ1) is 15.2. The Kier molecular flexibility index (Phi) is 3.75. The number of hydrogen-bond acceptors (Lipinski definition) is 5. The molecular weight excluding hydrogens is 338 g/mol. The number of fused-ring (bicyclic) bond motifs is 2. The van der Waals surface area contributed by atoms with Crippen LogP contribution in [0.5, 0.6) is 0 Å². The Morgan fingerprint density at radius 2 is 1.88 bits per heavy atom. The van der Waals surface area contributed by atoms with Gasteiger partial charge in [-0.25, -0.2) is 4.79 Å². The van der Waals surface area contributed by atoms with Crippen LogP contribution in [0.2, 0.25) is 0 Å². The molecule has 2 aromatic heterocycles. The molecule has 5 heteroatoms. The predicted molar refractivity (Wildman–Crippen MR) is 103 cm³/mol. The summed E-state index contributed by atoms with van der Waals surface area (Å²) >= 11 is 3.12. The number of benzene rings is 2. The van der Waals surface area contributed by atoms with Crippen LogP contribution in [0.15, 0.2) is 48.5 Å². The van der Waals surface area contributed by atoms with Crippen molar-refractivity contribution in [1.82, 2.24) is 0 Å². The van der Waals surface area contributed by atoms with Gasteiger partial charge in [0.05, 0.1) is 10.6 Å². The highest BCUT2D eigenvalue weighted by Crippen LogP contribution is 2.44. The molecule has 0 radical (unpaired) electrons. The lowest BCUT2D eigenvalue weighted by Gasteiger charge is -2.04. The van der Waals surface area contributed by atoms with Gasteiger partial charge in [-0.3, -0.25) is 0 Å². The number of hydrogen-bond donors (Lipinski definition) is 1. The molecule has 0 aliphatic heterocycles. The maximum atomic E-state index is 12.2. The first-order valence-electron chi connectivity index (χ1n) is 7.66. The second-order valence-electron chi connectivity index (χ2n) is 5.40. The van der Waals surface area contributed by atoms with Crippen LogP contribution in [0.3, 0.4) is 0 Å². The number of esters is 1. The number of rotatable bonds is 3. The van der Waals surface area contributed by atoms with Gasteiger partial charge in [-0.2, -0.15) is 0 Å². The average molecular weight is 353 g/mol. The SMILES string of the molecule is CCOC(=O)c1c(N)sc2sc(-c3cccc4ccccc34)cc12. The lowest BCUT2D eigenvalue weighted by Crippen LogP contribution is -2.05. The Labute approximate surface area is 147 Å². The molecule has 4 aromatic rings. The number of nitrogens with two attached hydrogens (primary N) is 1. The largest absolute Gasteiger partial charge is 0.462 e. The lowest BCUT2D eigenvalue weighted by atomic mass is 10.0.